The number of aryl methyl sites for hydroxylation is 1. The first-order chi connectivity index (χ1) is 11.5. The molecule has 2 aromatic carbocycles. The van der Waals surface area contributed by atoms with Crippen LogP contribution in [0.1, 0.15) is 11.1 Å². The van der Waals surface area contributed by atoms with E-state index in [1.54, 1.807) is 7.11 Å². The topological polar surface area (TPSA) is 57.4 Å². The summed E-state index contributed by atoms with van der Waals surface area (Å²) in [5.41, 5.74) is 9.88. The average molecular weight is 361 g/mol. The van der Waals surface area contributed by atoms with Crippen LogP contribution >= 0.6 is 24.4 Å². The lowest BCUT2D eigenvalue weighted by Gasteiger charge is -2.16. The van der Waals surface area contributed by atoms with Crippen molar-refractivity contribution in [2.45, 2.75) is 13.8 Å². The molecule has 0 fully saturated rings. The van der Waals surface area contributed by atoms with Gasteiger partial charge in [-0.2, -0.15) is 0 Å². The molecule has 24 heavy (non-hydrogen) atoms. The Kier molecular flexibility index (Phi) is 6.34. The summed E-state index contributed by atoms with van der Waals surface area (Å²) in [5.74, 6) is 0.788. The third-order valence-corrected chi connectivity index (χ3v) is 3.90. The summed E-state index contributed by atoms with van der Waals surface area (Å²) in [6.07, 6.45) is 0. The standard InChI is InChI=1S/C17H20N4OS2/c1-11-5-4-6-15(12(11)2)19-17(24)21-20-16(23)18-13-7-9-14(22-3)10-8-13/h4-10H,1-3H3,(H2,18,20,23)(H2,19,21,24). The van der Waals surface area contributed by atoms with Crippen molar-refractivity contribution in [1.82, 2.24) is 10.9 Å². The van der Waals surface area contributed by atoms with E-state index in [0.29, 0.717) is 10.2 Å². The molecule has 0 aliphatic carbocycles. The molecule has 0 bridgehead atoms. The smallest absolute Gasteiger partial charge is 0.189 e. The molecule has 0 aliphatic heterocycles. The number of benzene rings is 2. The summed E-state index contributed by atoms with van der Waals surface area (Å²) < 4.78 is 5.11. The maximum absolute atomic E-state index is 5.27. The van der Waals surface area contributed by atoms with Gasteiger partial charge in [-0.3, -0.25) is 10.9 Å². The number of methoxy groups -OCH3 is 1. The van der Waals surface area contributed by atoms with Gasteiger partial charge in [0.2, 0.25) is 0 Å². The van der Waals surface area contributed by atoms with Gasteiger partial charge in [0.15, 0.2) is 10.2 Å². The fourth-order valence-corrected chi connectivity index (χ4v) is 2.32. The summed E-state index contributed by atoms with van der Waals surface area (Å²) in [4.78, 5) is 0. The molecule has 0 saturated heterocycles. The van der Waals surface area contributed by atoms with Crippen molar-refractivity contribution in [2.24, 2.45) is 0 Å². The van der Waals surface area contributed by atoms with Gasteiger partial charge in [-0.05, 0) is 79.7 Å². The fraction of sp³-hybridized carbons (Fsp3) is 0.176. The Balaban J connectivity index is 1.82. The molecule has 2 rings (SSSR count). The van der Waals surface area contributed by atoms with Crippen LogP contribution < -0.4 is 26.2 Å². The molecule has 126 valence electrons. The summed E-state index contributed by atoms with van der Waals surface area (Å²) in [7, 11) is 1.63. The molecule has 0 saturated carbocycles. The first-order valence-electron chi connectivity index (χ1n) is 7.34. The number of nitrogens with one attached hydrogen (secondary N) is 4. The second kappa shape index (κ2) is 8.47. The summed E-state index contributed by atoms with van der Waals surface area (Å²) >= 11 is 10.5. The number of hydrogen-bond acceptors (Lipinski definition) is 3. The number of hydrazine groups is 1. The number of thiocarbonyl (C=S) groups is 2. The van der Waals surface area contributed by atoms with Gasteiger partial charge in [-0.1, -0.05) is 12.1 Å². The normalized spacial score (nSPS) is 9.79. The van der Waals surface area contributed by atoms with Crippen LogP contribution in [0.4, 0.5) is 11.4 Å². The Bertz CT molecular complexity index is 732. The lowest BCUT2D eigenvalue weighted by Crippen LogP contribution is -2.45. The number of rotatable bonds is 3. The van der Waals surface area contributed by atoms with E-state index in [-0.39, 0.29) is 0 Å². The number of ether oxygens (including phenoxy) is 1. The van der Waals surface area contributed by atoms with Gasteiger partial charge in [0.05, 0.1) is 7.11 Å². The van der Waals surface area contributed by atoms with E-state index in [0.717, 1.165) is 22.7 Å². The van der Waals surface area contributed by atoms with Gasteiger partial charge >= 0.3 is 0 Å². The van der Waals surface area contributed by atoms with Crippen molar-refractivity contribution in [1.29, 1.82) is 0 Å². The van der Waals surface area contributed by atoms with Crippen LogP contribution in [-0.4, -0.2) is 17.3 Å². The predicted octanol–water partition coefficient (Wildman–Crippen LogP) is 3.50. The molecule has 0 amide bonds. The molecule has 0 radical (unpaired) electrons. The van der Waals surface area contributed by atoms with Gasteiger partial charge in [-0.15, -0.1) is 0 Å². The Hall–Kier alpha value is -2.38. The minimum absolute atomic E-state index is 0.408. The van der Waals surface area contributed by atoms with E-state index in [9.17, 15) is 0 Å². The zero-order chi connectivity index (χ0) is 17.5. The molecule has 4 N–H and O–H groups in total. The Morgan fingerprint density at radius 1 is 0.875 bits per heavy atom. The Morgan fingerprint density at radius 3 is 2.12 bits per heavy atom. The van der Waals surface area contributed by atoms with E-state index in [1.807, 2.05) is 43.3 Å². The van der Waals surface area contributed by atoms with Gasteiger partial charge in [0.25, 0.3) is 0 Å². The molecular weight excluding hydrogens is 340 g/mol. The van der Waals surface area contributed by atoms with Crippen molar-refractivity contribution in [3.63, 3.8) is 0 Å². The van der Waals surface area contributed by atoms with Crippen molar-refractivity contribution in [3.8, 4) is 5.75 Å². The van der Waals surface area contributed by atoms with E-state index in [4.69, 9.17) is 29.2 Å². The highest BCUT2D eigenvalue weighted by atomic mass is 32.1. The largest absolute Gasteiger partial charge is 0.497 e. The minimum atomic E-state index is 0.408. The Morgan fingerprint density at radius 2 is 1.50 bits per heavy atom. The van der Waals surface area contributed by atoms with Crippen LogP contribution in [0.15, 0.2) is 42.5 Å². The lowest BCUT2D eigenvalue weighted by atomic mass is 10.1. The summed E-state index contributed by atoms with van der Waals surface area (Å²) in [5, 5.41) is 7.03. The van der Waals surface area contributed by atoms with E-state index in [1.165, 1.54) is 5.56 Å². The van der Waals surface area contributed by atoms with Crippen LogP contribution in [0.5, 0.6) is 5.75 Å². The van der Waals surface area contributed by atoms with Crippen LogP contribution in [0, 0.1) is 13.8 Å². The second-order valence-corrected chi connectivity index (χ2v) is 5.95. The SMILES string of the molecule is COc1ccc(NC(=S)NNC(=S)Nc2cccc(C)c2C)cc1. The quantitative estimate of drug-likeness (QED) is 0.494. The zero-order valence-corrected chi connectivity index (χ0v) is 15.4. The number of hydrogen-bond donors (Lipinski definition) is 4. The van der Waals surface area contributed by atoms with Crippen molar-refractivity contribution in [3.05, 3.63) is 53.6 Å². The molecule has 0 aromatic heterocycles. The zero-order valence-electron chi connectivity index (χ0n) is 13.8. The van der Waals surface area contributed by atoms with Gasteiger partial charge in [0, 0.05) is 11.4 Å². The van der Waals surface area contributed by atoms with Gasteiger partial charge in [0.1, 0.15) is 5.75 Å². The van der Waals surface area contributed by atoms with Crippen LogP contribution in [-0.2, 0) is 0 Å². The predicted molar refractivity (Wildman–Crippen MR) is 108 cm³/mol. The monoisotopic (exact) mass is 360 g/mol. The Labute approximate surface area is 152 Å². The molecule has 0 spiro atoms. The molecule has 0 unspecified atom stereocenters. The van der Waals surface area contributed by atoms with Crippen LogP contribution in [0.2, 0.25) is 0 Å². The third kappa shape index (κ3) is 5.07. The molecule has 5 nitrogen and oxygen atoms in total. The van der Waals surface area contributed by atoms with E-state index in [2.05, 4.69) is 34.5 Å². The first-order valence-corrected chi connectivity index (χ1v) is 8.15. The molecule has 0 aliphatic rings. The van der Waals surface area contributed by atoms with Crippen molar-refractivity contribution < 1.29 is 4.74 Å². The van der Waals surface area contributed by atoms with Gasteiger partial charge in [-0.25, -0.2) is 0 Å². The molecule has 0 heterocycles. The van der Waals surface area contributed by atoms with Crippen LogP contribution in [0.3, 0.4) is 0 Å². The second-order valence-electron chi connectivity index (χ2n) is 5.13. The molecule has 0 atom stereocenters. The molecule has 2 aromatic rings. The molecular formula is C17H20N4OS2. The highest BCUT2D eigenvalue weighted by Gasteiger charge is 2.03. The highest BCUT2D eigenvalue weighted by molar-refractivity contribution is 7.81. The third-order valence-electron chi connectivity index (χ3n) is 3.49. The first kappa shape index (κ1) is 18.0. The molecule has 7 heteroatoms. The lowest BCUT2D eigenvalue weighted by molar-refractivity contribution is 0.415. The summed E-state index contributed by atoms with van der Waals surface area (Å²) in [6, 6.07) is 13.5. The fourth-order valence-electron chi connectivity index (χ4n) is 1.99. The minimum Gasteiger partial charge on any atom is -0.497 e. The maximum atomic E-state index is 5.27. The maximum Gasteiger partial charge on any atom is 0.189 e. The average Bonchev–Trinajstić information content (AvgIpc) is 2.58. The van der Waals surface area contributed by atoms with Gasteiger partial charge < -0.3 is 15.4 Å². The summed E-state index contributed by atoms with van der Waals surface area (Å²) in [6.45, 7) is 4.10. The van der Waals surface area contributed by atoms with E-state index < -0.39 is 0 Å². The highest BCUT2D eigenvalue weighted by Crippen LogP contribution is 2.17. The van der Waals surface area contributed by atoms with Crippen LogP contribution in [0.25, 0.3) is 0 Å². The van der Waals surface area contributed by atoms with E-state index >= 15 is 0 Å². The van der Waals surface area contributed by atoms with Crippen molar-refractivity contribution >= 4 is 46.0 Å². The number of anilines is 2. The van der Waals surface area contributed by atoms with Crippen molar-refractivity contribution in [2.75, 3.05) is 17.7 Å².